The predicted octanol–water partition coefficient (Wildman–Crippen LogP) is 3.82. The van der Waals surface area contributed by atoms with Gasteiger partial charge in [0.05, 0.1) is 18.0 Å². The molecule has 3 aliphatic rings. The molecule has 6 rings (SSSR count). The van der Waals surface area contributed by atoms with Crippen molar-refractivity contribution in [2.75, 3.05) is 24.1 Å². The van der Waals surface area contributed by atoms with Crippen LogP contribution in [0, 0.1) is 16.0 Å². The number of Topliss-reactive ketones (excluding diaryl/α,β-unsaturated/α-hetero) is 1. The SMILES string of the molecule is COc1ccc2c(c1)[C@]1(C(=O)N2)[C@H](C(=O)c2cccnc2)[C@@H](c2cccc([N+](=O)[O-])c2)[C@@H]2CSCN21. The third kappa shape index (κ3) is 3.11. The summed E-state index contributed by atoms with van der Waals surface area (Å²) >= 11 is 1.69. The minimum Gasteiger partial charge on any atom is -0.497 e. The van der Waals surface area contributed by atoms with Crippen LogP contribution in [0.3, 0.4) is 0 Å². The number of fused-ring (bicyclic) bond motifs is 4. The van der Waals surface area contributed by atoms with Gasteiger partial charge in [0.1, 0.15) is 11.3 Å². The average Bonchev–Trinajstić information content (AvgIpc) is 3.57. The summed E-state index contributed by atoms with van der Waals surface area (Å²) in [6, 6.07) is 15.1. The number of pyridine rings is 1. The number of carbonyl (C=O) groups excluding carboxylic acids is 2. The van der Waals surface area contributed by atoms with E-state index in [1.165, 1.54) is 18.3 Å². The summed E-state index contributed by atoms with van der Waals surface area (Å²) in [6.45, 7) is 0. The number of hydrogen-bond donors (Lipinski definition) is 1. The van der Waals surface area contributed by atoms with Crippen LogP contribution in [-0.4, -0.2) is 51.3 Å². The molecule has 182 valence electrons. The van der Waals surface area contributed by atoms with Crippen molar-refractivity contribution >= 4 is 34.8 Å². The molecule has 1 amide bonds. The minimum atomic E-state index is -1.29. The molecule has 4 heterocycles. The monoisotopic (exact) mass is 502 g/mol. The number of nitrogens with zero attached hydrogens (tertiary/aromatic N) is 3. The molecule has 2 fully saturated rings. The number of benzene rings is 2. The lowest BCUT2D eigenvalue weighted by Gasteiger charge is -2.36. The number of amides is 1. The van der Waals surface area contributed by atoms with E-state index in [1.54, 1.807) is 55.4 Å². The maximum atomic E-state index is 14.3. The number of anilines is 1. The molecule has 2 saturated heterocycles. The number of ketones is 1. The molecule has 4 atom stereocenters. The van der Waals surface area contributed by atoms with E-state index in [0.29, 0.717) is 39.8 Å². The predicted molar refractivity (Wildman–Crippen MR) is 134 cm³/mol. The first-order valence-electron chi connectivity index (χ1n) is 11.5. The number of carbonyl (C=O) groups is 2. The summed E-state index contributed by atoms with van der Waals surface area (Å²) in [5, 5.41) is 14.6. The van der Waals surface area contributed by atoms with Gasteiger partial charge in [0.25, 0.3) is 5.69 Å². The zero-order valence-electron chi connectivity index (χ0n) is 19.3. The van der Waals surface area contributed by atoms with Crippen molar-refractivity contribution in [1.82, 2.24) is 9.88 Å². The fourth-order valence-electron chi connectivity index (χ4n) is 6.09. The highest BCUT2D eigenvalue weighted by Gasteiger charge is 2.69. The van der Waals surface area contributed by atoms with Crippen LogP contribution in [0.1, 0.15) is 27.4 Å². The maximum Gasteiger partial charge on any atom is 0.269 e. The number of nitro groups is 1. The van der Waals surface area contributed by atoms with Crippen LogP contribution in [0.2, 0.25) is 0 Å². The summed E-state index contributed by atoms with van der Waals surface area (Å²) in [5.74, 6) is 0.0614. The Morgan fingerprint density at radius 2 is 2.11 bits per heavy atom. The molecule has 0 radical (unpaired) electrons. The molecule has 1 N–H and O–H groups in total. The third-order valence-electron chi connectivity index (χ3n) is 7.52. The molecule has 2 aromatic carbocycles. The van der Waals surface area contributed by atoms with E-state index >= 15 is 0 Å². The Labute approximate surface area is 211 Å². The van der Waals surface area contributed by atoms with Gasteiger partial charge in [-0.15, -0.1) is 11.8 Å². The van der Waals surface area contributed by atoms with Gasteiger partial charge in [0.15, 0.2) is 5.78 Å². The van der Waals surface area contributed by atoms with E-state index < -0.39 is 22.3 Å². The van der Waals surface area contributed by atoms with Crippen molar-refractivity contribution in [3.63, 3.8) is 0 Å². The second-order valence-corrected chi connectivity index (χ2v) is 10.1. The molecule has 0 unspecified atom stereocenters. The molecule has 0 aliphatic carbocycles. The van der Waals surface area contributed by atoms with E-state index in [9.17, 15) is 19.7 Å². The summed E-state index contributed by atoms with van der Waals surface area (Å²) < 4.78 is 5.49. The van der Waals surface area contributed by atoms with Crippen molar-refractivity contribution in [1.29, 1.82) is 0 Å². The molecule has 10 heteroatoms. The zero-order valence-corrected chi connectivity index (χ0v) is 20.1. The fourth-order valence-corrected chi connectivity index (χ4v) is 7.41. The fraction of sp³-hybridized carbons (Fsp3) is 0.269. The smallest absolute Gasteiger partial charge is 0.269 e. The van der Waals surface area contributed by atoms with Gasteiger partial charge in [-0.05, 0) is 35.9 Å². The molecule has 0 bridgehead atoms. The number of nitrogens with one attached hydrogen (secondary N) is 1. The molecule has 1 aromatic heterocycles. The quantitative estimate of drug-likeness (QED) is 0.318. The molecule has 36 heavy (non-hydrogen) atoms. The Bertz CT molecular complexity index is 1400. The van der Waals surface area contributed by atoms with Gasteiger partial charge >= 0.3 is 0 Å². The van der Waals surface area contributed by atoms with Crippen LogP contribution < -0.4 is 10.1 Å². The zero-order chi connectivity index (χ0) is 25.0. The van der Waals surface area contributed by atoms with Gasteiger partial charge in [0.2, 0.25) is 5.91 Å². The Hall–Kier alpha value is -3.76. The Balaban J connectivity index is 1.63. The van der Waals surface area contributed by atoms with E-state index in [2.05, 4.69) is 15.2 Å². The van der Waals surface area contributed by atoms with E-state index in [-0.39, 0.29) is 23.4 Å². The van der Waals surface area contributed by atoms with Gasteiger partial charge in [-0.2, -0.15) is 0 Å². The van der Waals surface area contributed by atoms with Crippen molar-refractivity contribution < 1.29 is 19.2 Å². The normalized spacial score (nSPS) is 26.5. The second kappa shape index (κ2) is 8.42. The molecule has 0 saturated carbocycles. The average molecular weight is 503 g/mol. The minimum absolute atomic E-state index is 0.0452. The van der Waals surface area contributed by atoms with Crippen LogP contribution in [0.5, 0.6) is 5.75 Å². The summed E-state index contributed by atoms with van der Waals surface area (Å²) in [5.41, 5.74) is 1.06. The van der Waals surface area contributed by atoms with Gasteiger partial charge in [0, 0.05) is 64.9 Å². The summed E-state index contributed by atoms with van der Waals surface area (Å²) in [6.07, 6.45) is 3.11. The highest BCUT2D eigenvalue weighted by molar-refractivity contribution is 7.99. The van der Waals surface area contributed by atoms with E-state index in [4.69, 9.17) is 4.74 Å². The molecule has 3 aromatic rings. The lowest BCUT2D eigenvalue weighted by atomic mass is 9.69. The molecular formula is C26H22N4O5S. The number of aromatic nitrogens is 1. The van der Waals surface area contributed by atoms with Crippen molar-refractivity contribution in [2.45, 2.75) is 17.5 Å². The van der Waals surface area contributed by atoms with Gasteiger partial charge in [-0.1, -0.05) is 12.1 Å². The van der Waals surface area contributed by atoms with E-state index in [0.717, 1.165) is 0 Å². The number of non-ortho nitro benzene ring substituents is 1. The van der Waals surface area contributed by atoms with Crippen molar-refractivity contribution in [3.05, 3.63) is 93.8 Å². The lowest BCUT2D eigenvalue weighted by Crippen LogP contribution is -2.52. The number of hydrogen-bond acceptors (Lipinski definition) is 8. The number of methoxy groups -OCH3 is 1. The highest BCUT2D eigenvalue weighted by atomic mass is 32.2. The first kappa shape index (κ1) is 22.7. The van der Waals surface area contributed by atoms with Gasteiger partial charge in [-0.25, -0.2) is 0 Å². The van der Waals surface area contributed by atoms with Gasteiger partial charge < -0.3 is 10.1 Å². The first-order chi connectivity index (χ1) is 17.5. The summed E-state index contributed by atoms with van der Waals surface area (Å²) in [4.78, 5) is 45.8. The Kier molecular flexibility index (Phi) is 5.31. The molecular weight excluding hydrogens is 480 g/mol. The van der Waals surface area contributed by atoms with Crippen molar-refractivity contribution in [2.24, 2.45) is 5.92 Å². The molecule has 1 spiro atoms. The highest BCUT2D eigenvalue weighted by Crippen LogP contribution is 2.61. The standard InChI is InChI=1S/C26H22N4O5S/c1-35-18-7-8-20-19(11-18)26(25(32)28-20)23(24(31)16-5-3-9-27-12-16)22(21-13-36-14-29(21)26)15-4-2-6-17(10-15)30(33)34/h2-12,21-23H,13-14H2,1H3,(H,28,32)/t21-,22-,23-,26+/m0/s1. The first-order valence-corrected chi connectivity index (χ1v) is 12.7. The Morgan fingerprint density at radius 3 is 2.86 bits per heavy atom. The van der Waals surface area contributed by atoms with Gasteiger partial charge in [-0.3, -0.25) is 29.6 Å². The maximum absolute atomic E-state index is 14.3. The van der Waals surface area contributed by atoms with E-state index in [1.807, 2.05) is 12.1 Å². The lowest BCUT2D eigenvalue weighted by molar-refractivity contribution is -0.384. The largest absolute Gasteiger partial charge is 0.497 e. The number of ether oxygens (including phenoxy) is 1. The number of thioether (sulfide) groups is 1. The van der Waals surface area contributed by atoms with Crippen LogP contribution in [0.4, 0.5) is 11.4 Å². The summed E-state index contributed by atoms with van der Waals surface area (Å²) in [7, 11) is 1.56. The number of rotatable bonds is 5. The third-order valence-corrected chi connectivity index (χ3v) is 8.56. The second-order valence-electron chi connectivity index (χ2n) is 9.13. The van der Waals surface area contributed by atoms with Crippen LogP contribution in [0.25, 0.3) is 0 Å². The molecule has 9 nitrogen and oxygen atoms in total. The number of nitro benzene ring substituents is 1. The van der Waals surface area contributed by atoms with Crippen molar-refractivity contribution in [3.8, 4) is 5.75 Å². The molecule has 3 aliphatic heterocycles. The topological polar surface area (TPSA) is 115 Å². The Morgan fingerprint density at radius 1 is 1.25 bits per heavy atom. The van der Waals surface area contributed by atoms with Crippen LogP contribution in [0.15, 0.2) is 67.0 Å². The van der Waals surface area contributed by atoms with Crippen LogP contribution >= 0.6 is 11.8 Å². The van der Waals surface area contributed by atoms with Crippen LogP contribution in [-0.2, 0) is 10.3 Å².